The van der Waals surface area contributed by atoms with Gasteiger partial charge in [0.1, 0.15) is 11.6 Å². The summed E-state index contributed by atoms with van der Waals surface area (Å²) in [6.07, 6.45) is 2.39. The molecule has 0 radical (unpaired) electrons. The van der Waals surface area contributed by atoms with Gasteiger partial charge in [0, 0.05) is 30.7 Å². The molecule has 1 fully saturated rings. The third-order valence-electron chi connectivity index (χ3n) is 3.85. The van der Waals surface area contributed by atoms with Crippen LogP contribution in [0.1, 0.15) is 6.42 Å². The van der Waals surface area contributed by atoms with E-state index >= 15 is 0 Å². The summed E-state index contributed by atoms with van der Waals surface area (Å²) in [5, 5.41) is 5.42. The highest BCUT2D eigenvalue weighted by molar-refractivity contribution is 7.89. The number of hydrogen-bond acceptors (Lipinski definition) is 6. The maximum Gasteiger partial charge on any atom is 0.246 e. The minimum Gasteiger partial charge on any atom is -0.350 e. The molecule has 7 nitrogen and oxygen atoms in total. The van der Waals surface area contributed by atoms with Crippen molar-refractivity contribution in [3.05, 3.63) is 41.4 Å². The summed E-state index contributed by atoms with van der Waals surface area (Å²) in [5.41, 5.74) is 0. The maximum atomic E-state index is 13.6. The van der Waals surface area contributed by atoms with Gasteiger partial charge < -0.3 is 10.2 Å². The zero-order chi connectivity index (χ0) is 18.7. The number of rotatable bonds is 6. The number of nitrogens with zero attached hydrogens (tertiary/aromatic N) is 2. The molecule has 3 rings (SSSR count). The van der Waals surface area contributed by atoms with Gasteiger partial charge in [-0.25, -0.2) is 26.9 Å². The van der Waals surface area contributed by atoms with Crippen molar-refractivity contribution < 1.29 is 22.0 Å². The summed E-state index contributed by atoms with van der Waals surface area (Å²) in [6, 6.07) is 2.58. The lowest BCUT2D eigenvalue weighted by atomic mass is 10.2. The molecular formula is C15H16F2N4O3S2. The lowest BCUT2D eigenvalue weighted by Gasteiger charge is -2.16. The standard InChI is InChI=1S/C15H16F2N4O3S2/c16-11-2-1-3-12(17)14(11)26(23,24)19-8-13(22)20-10-4-6-21(9-10)15-18-5-7-25-15/h1-3,5,7,10,19H,4,6,8-9H2,(H,20,22). The largest absolute Gasteiger partial charge is 0.350 e. The average molecular weight is 402 g/mol. The first kappa shape index (κ1) is 18.7. The van der Waals surface area contributed by atoms with Crippen LogP contribution in [-0.2, 0) is 14.8 Å². The van der Waals surface area contributed by atoms with Crippen LogP contribution in [0.15, 0.2) is 34.7 Å². The Kier molecular flexibility index (Phi) is 5.49. The molecule has 26 heavy (non-hydrogen) atoms. The number of halogens is 2. The predicted molar refractivity (Wildman–Crippen MR) is 92.4 cm³/mol. The van der Waals surface area contributed by atoms with Gasteiger partial charge in [0.15, 0.2) is 10.0 Å². The predicted octanol–water partition coefficient (Wildman–Crippen LogP) is 1.09. The van der Waals surface area contributed by atoms with Crippen LogP contribution in [0.5, 0.6) is 0 Å². The minimum atomic E-state index is -4.48. The Morgan fingerprint density at radius 1 is 1.35 bits per heavy atom. The van der Waals surface area contributed by atoms with E-state index < -0.39 is 39.0 Å². The van der Waals surface area contributed by atoms with Crippen LogP contribution < -0.4 is 14.9 Å². The number of aromatic nitrogens is 1. The highest BCUT2D eigenvalue weighted by Gasteiger charge is 2.27. The van der Waals surface area contributed by atoms with E-state index in [0.717, 1.165) is 29.9 Å². The van der Waals surface area contributed by atoms with Gasteiger partial charge in [0.2, 0.25) is 15.9 Å². The molecule has 1 aromatic heterocycles. The van der Waals surface area contributed by atoms with Crippen LogP contribution in [0.25, 0.3) is 0 Å². The van der Waals surface area contributed by atoms with Crippen LogP contribution in [0.4, 0.5) is 13.9 Å². The first-order chi connectivity index (χ1) is 12.4. The normalized spacial score (nSPS) is 17.5. The molecule has 1 unspecified atom stereocenters. The summed E-state index contributed by atoms with van der Waals surface area (Å²) in [4.78, 5) is 17.1. The molecule has 140 valence electrons. The van der Waals surface area contributed by atoms with E-state index in [-0.39, 0.29) is 6.04 Å². The van der Waals surface area contributed by atoms with Gasteiger partial charge in [-0.3, -0.25) is 4.79 Å². The third kappa shape index (κ3) is 4.17. The van der Waals surface area contributed by atoms with Gasteiger partial charge in [0.05, 0.1) is 6.54 Å². The highest BCUT2D eigenvalue weighted by atomic mass is 32.2. The molecule has 1 amide bonds. The summed E-state index contributed by atoms with van der Waals surface area (Å²) < 4.78 is 53.2. The minimum absolute atomic E-state index is 0.152. The van der Waals surface area contributed by atoms with Crippen molar-refractivity contribution in [3.63, 3.8) is 0 Å². The second-order valence-corrected chi connectivity index (χ2v) is 8.27. The Balaban J connectivity index is 1.54. The number of thiazole rings is 1. The summed E-state index contributed by atoms with van der Waals surface area (Å²) in [5.74, 6) is -3.00. The molecule has 0 spiro atoms. The second-order valence-electron chi connectivity index (χ2n) is 5.69. The number of amides is 1. The summed E-state index contributed by atoms with van der Waals surface area (Å²) in [7, 11) is -4.48. The van der Waals surface area contributed by atoms with Crippen LogP contribution in [0.2, 0.25) is 0 Å². The van der Waals surface area contributed by atoms with Crippen molar-refractivity contribution in [3.8, 4) is 0 Å². The molecular weight excluding hydrogens is 386 g/mol. The van der Waals surface area contributed by atoms with Gasteiger partial charge in [-0.05, 0) is 18.6 Å². The number of carbonyl (C=O) groups excluding carboxylic acids is 1. The van der Waals surface area contributed by atoms with E-state index in [2.05, 4.69) is 10.3 Å². The molecule has 1 atom stereocenters. The zero-order valence-electron chi connectivity index (χ0n) is 13.5. The molecule has 2 heterocycles. The second kappa shape index (κ2) is 7.64. The number of benzene rings is 1. The molecule has 1 saturated heterocycles. The zero-order valence-corrected chi connectivity index (χ0v) is 15.1. The number of anilines is 1. The smallest absolute Gasteiger partial charge is 0.246 e. The fraction of sp³-hybridized carbons (Fsp3) is 0.333. The van der Waals surface area contributed by atoms with E-state index in [1.54, 1.807) is 6.20 Å². The Hall–Kier alpha value is -2.11. The first-order valence-electron chi connectivity index (χ1n) is 7.74. The van der Waals surface area contributed by atoms with Crippen LogP contribution in [-0.4, -0.2) is 45.0 Å². The lowest BCUT2D eigenvalue weighted by Crippen LogP contribution is -2.43. The van der Waals surface area contributed by atoms with Crippen molar-refractivity contribution in [2.24, 2.45) is 0 Å². The number of sulfonamides is 1. The summed E-state index contributed by atoms with van der Waals surface area (Å²) >= 11 is 1.49. The van der Waals surface area contributed by atoms with Gasteiger partial charge in [-0.2, -0.15) is 0 Å². The third-order valence-corrected chi connectivity index (χ3v) is 6.14. The molecule has 1 aromatic carbocycles. The van der Waals surface area contributed by atoms with Crippen molar-refractivity contribution in [1.29, 1.82) is 0 Å². The van der Waals surface area contributed by atoms with Gasteiger partial charge >= 0.3 is 0 Å². The van der Waals surface area contributed by atoms with Crippen LogP contribution >= 0.6 is 11.3 Å². The highest BCUT2D eigenvalue weighted by Crippen LogP contribution is 2.22. The first-order valence-corrected chi connectivity index (χ1v) is 10.1. The summed E-state index contributed by atoms with van der Waals surface area (Å²) in [6.45, 7) is 0.683. The monoisotopic (exact) mass is 402 g/mol. The molecule has 0 aliphatic carbocycles. The Morgan fingerprint density at radius 3 is 2.73 bits per heavy atom. The SMILES string of the molecule is O=C(CNS(=O)(=O)c1c(F)cccc1F)NC1CCN(c2nccs2)C1. The fourth-order valence-electron chi connectivity index (χ4n) is 2.67. The van der Waals surface area contributed by atoms with E-state index in [1.165, 1.54) is 11.3 Å². The van der Waals surface area contributed by atoms with Gasteiger partial charge in [-0.1, -0.05) is 6.07 Å². The Labute approximate surface area is 153 Å². The molecule has 2 aromatic rings. The van der Waals surface area contributed by atoms with E-state index in [9.17, 15) is 22.0 Å². The molecule has 1 aliphatic heterocycles. The Bertz CT molecular complexity index is 870. The van der Waals surface area contributed by atoms with Crippen molar-refractivity contribution >= 4 is 32.4 Å². The number of hydrogen-bond donors (Lipinski definition) is 2. The lowest BCUT2D eigenvalue weighted by molar-refractivity contribution is -0.120. The average Bonchev–Trinajstić information content (AvgIpc) is 3.24. The molecule has 0 bridgehead atoms. The Morgan fingerprint density at radius 2 is 2.08 bits per heavy atom. The van der Waals surface area contributed by atoms with Crippen molar-refractivity contribution in [2.75, 3.05) is 24.5 Å². The van der Waals surface area contributed by atoms with E-state index in [1.807, 2.05) is 15.0 Å². The van der Waals surface area contributed by atoms with Crippen molar-refractivity contribution in [2.45, 2.75) is 17.4 Å². The molecule has 0 saturated carbocycles. The molecule has 2 N–H and O–H groups in total. The number of carbonyl (C=O) groups is 1. The maximum absolute atomic E-state index is 13.6. The fourth-order valence-corrected chi connectivity index (χ4v) is 4.47. The molecule has 11 heteroatoms. The topological polar surface area (TPSA) is 91.4 Å². The number of nitrogens with one attached hydrogen (secondary N) is 2. The van der Waals surface area contributed by atoms with Crippen molar-refractivity contribution in [1.82, 2.24) is 15.0 Å². The quantitative estimate of drug-likeness (QED) is 0.755. The van der Waals surface area contributed by atoms with Gasteiger partial charge in [-0.15, -0.1) is 11.3 Å². The van der Waals surface area contributed by atoms with E-state index in [0.29, 0.717) is 13.0 Å². The van der Waals surface area contributed by atoms with Crippen LogP contribution in [0.3, 0.4) is 0 Å². The van der Waals surface area contributed by atoms with Gasteiger partial charge in [0.25, 0.3) is 0 Å². The van der Waals surface area contributed by atoms with E-state index in [4.69, 9.17) is 0 Å². The van der Waals surface area contributed by atoms with Crippen LogP contribution in [0, 0.1) is 11.6 Å². The molecule has 1 aliphatic rings.